The van der Waals surface area contributed by atoms with E-state index < -0.39 is 0 Å². The van der Waals surface area contributed by atoms with Gasteiger partial charge in [-0.15, -0.1) is 0 Å². The van der Waals surface area contributed by atoms with Crippen molar-refractivity contribution < 1.29 is 0 Å². The highest BCUT2D eigenvalue weighted by atomic mass is 32.1. The summed E-state index contributed by atoms with van der Waals surface area (Å²) >= 11 is 5.07. The Morgan fingerprint density at radius 1 is 1.00 bits per heavy atom. The fourth-order valence-electron chi connectivity index (χ4n) is 3.00. The van der Waals surface area contributed by atoms with Crippen molar-refractivity contribution in [1.29, 1.82) is 0 Å². The number of piperidine rings is 1. The fraction of sp³-hybridized carbons (Fsp3) is 0.917. The van der Waals surface area contributed by atoms with Gasteiger partial charge >= 0.3 is 0 Å². The first-order chi connectivity index (χ1) is 7.27. The highest BCUT2D eigenvalue weighted by molar-refractivity contribution is 7.80. The summed E-state index contributed by atoms with van der Waals surface area (Å²) in [6.07, 6.45) is 9.51. The summed E-state index contributed by atoms with van der Waals surface area (Å²) in [5, 5.41) is 0. The lowest BCUT2D eigenvalue weighted by molar-refractivity contribution is 0.120. The Bertz CT molecular complexity index is 216. The van der Waals surface area contributed by atoms with Crippen LogP contribution >= 0.6 is 12.2 Å². The molecular weight excluding hydrogens is 204 g/mol. The summed E-state index contributed by atoms with van der Waals surface area (Å²) in [5.41, 5.74) is 5.70. The van der Waals surface area contributed by atoms with Gasteiger partial charge in [-0.1, -0.05) is 31.5 Å². The molecule has 2 fully saturated rings. The number of hydrogen-bond acceptors (Lipinski definition) is 2. The zero-order chi connectivity index (χ0) is 10.7. The second kappa shape index (κ2) is 5.26. The van der Waals surface area contributed by atoms with Crippen LogP contribution in [0.25, 0.3) is 0 Å². The van der Waals surface area contributed by atoms with E-state index in [9.17, 15) is 0 Å². The topological polar surface area (TPSA) is 29.3 Å². The number of thiocarbonyl (C=S) groups is 1. The summed E-state index contributed by atoms with van der Waals surface area (Å²) in [6, 6.07) is 0.867. The molecule has 0 radical (unpaired) electrons. The van der Waals surface area contributed by atoms with Gasteiger partial charge in [0, 0.05) is 12.0 Å². The van der Waals surface area contributed by atoms with Crippen molar-refractivity contribution in [2.75, 3.05) is 13.1 Å². The van der Waals surface area contributed by atoms with Crippen molar-refractivity contribution in [3.8, 4) is 0 Å². The van der Waals surface area contributed by atoms with Crippen LogP contribution < -0.4 is 5.73 Å². The van der Waals surface area contributed by atoms with Gasteiger partial charge in [0.25, 0.3) is 0 Å². The Labute approximate surface area is 98.2 Å². The molecule has 0 atom stereocenters. The highest BCUT2D eigenvalue weighted by Crippen LogP contribution is 2.27. The summed E-state index contributed by atoms with van der Waals surface area (Å²) in [4.78, 5) is 3.41. The molecule has 1 aliphatic heterocycles. The van der Waals surface area contributed by atoms with Gasteiger partial charge in [0.15, 0.2) is 0 Å². The Balaban J connectivity index is 1.79. The molecule has 0 unspecified atom stereocenters. The molecule has 0 bridgehead atoms. The minimum absolute atomic E-state index is 0.514. The van der Waals surface area contributed by atoms with Gasteiger partial charge in [0.05, 0.1) is 4.99 Å². The lowest BCUT2D eigenvalue weighted by atomic mass is 9.90. The number of nitrogens with zero attached hydrogens (tertiary/aromatic N) is 1. The third-order valence-corrected chi connectivity index (χ3v) is 4.36. The van der Waals surface area contributed by atoms with Crippen molar-refractivity contribution in [2.45, 2.75) is 51.0 Å². The molecule has 0 amide bonds. The molecule has 2 aliphatic rings. The van der Waals surface area contributed by atoms with E-state index >= 15 is 0 Å². The first-order valence-electron chi connectivity index (χ1n) is 6.31. The lowest BCUT2D eigenvalue weighted by Crippen LogP contribution is -2.44. The number of likely N-dealkylation sites (tertiary alicyclic amines) is 1. The molecule has 0 aromatic rings. The van der Waals surface area contributed by atoms with E-state index in [4.69, 9.17) is 18.0 Å². The standard InChI is InChI=1S/C12H22N2S/c13-12(15)10-6-8-14(9-7-10)11-4-2-1-3-5-11/h10-11H,1-9H2,(H2,13,15). The first-order valence-corrected chi connectivity index (χ1v) is 6.71. The molecule has 86 valence electrons. The monoisotopic (exact) mass is 226 g/mol. The third kappa shape index (κ3) is 2.91. The van der Waals surface area contributed by atoms with Gasteiger partial charge in [-0.2, -0.15) is 0 Å². The smallest absolute Gasteiger partial charge is 0.0759 e. The van der Waals surface area contributed by atoms with Crippen LogP contribution in [-0.4, -0.2) is 29.0 Å². The Kier molecular flexibility index (Phi) is 3.98. The maximum atomic E-state index is 5.70. The van der Waals surface area contributed by atoms with Crippen LogP contribution in [0.15, 0.2) is 0 Å². The molecule has 2 nitrogen and oxygen atoms in total. The van der Waals surface area contributed by atoms with Crippen LogP contribution in [0.2, 0.25) is 0 Å². The minimum Gasteiger partial charge on any atom is -0.393 e. The Morgan fingerprint density at radius 2 is 1.60 bits per heavy atom. The predicted molar refractivity (Wildman–Crippen MR) is 68.0 cm³/mol. The molecule has 0 aromatic carbocycles. The average molecular weight is 226 g/mol. The van der Waals surface area contributed by atoms with Gasteiger partial charge in [-0.25, -0.2) is 0 Å². The highest BCUT2D eigenvalue weighted by Gasteiger charge is 2.26. The fourth-order valence-corrected chi connectivity index (χ4v) is 3.23. The van der Waals surface area contributed by atoms with E-state index in [0.717, 1.165) is 11.0 Å². The molecule has 1 heterocycles. The van der Waals surface area contributed by atoms with Crippen LogP contribution in [0, 0.1) is 5.92 Å². The summed E-state index contributed by atoms with van der Waals surface area (Å²) in [7, 11) is 0. The molecule has 1 aliphatic carbocycles. The van der Waals surface area contributed by atoms with Gasteiger partial charge in [-0.3, -0.25) is 0 Å². The number of hydrogen-bond donors (Lipinski definition) is 1. The molecular formula is C12H22N2S. The zero-order valence-electron chi connectivity index (χ0n) is 9.45. The molecule has 2 N–H and O–H groups in total. The van der Waals surface area contributed by atoms with E-state index in [1.807, 2.05) is 0 Å². The zero-order valence-corrected chi connectivity index (χ0v) is 10.3. The minimum atomic E-state index is 0.514. The first kappa shape index (κ1) is 11.3. The van der Waals surface area contributed by atoms with E-state index in [1.165, 1.54) is 58.0 Å². The second-order valence-corrected chi connectivity index (χ2v) is 5.48. The van der Waals surface area contributed by atoms with Crippen LogP contribution in [0.4, 0.5) is 0 Å². The molecule has 3 heteroatoms. The van der Waals surface area contributed by atoms with Crippen LogP contribution in [0.3, 0.4) is 0 Å². The maximum absolute atomic E-state index is 5.70. The number of rotatable bonds is 2. The normalized spacial score (nSPS) is 26.7. The predicted octanol–water partition coefficient (Wildman–Crippen LogP) is 2.32. The van der Waals surface area contributed by atoms with Crippen molar-refractivity contribution >= 4 is 17.2 Å². The van der Waals surface area contributed by atoms with E-state index in [-0.39, 0.29) is 0 Å². The number of nitrogens with two attached hydrogens (primary N) is 1. The second-order valence-electron chi connectivity index (χ2n) is 5.00. The van der Waals surface area contributed by atoms with Crippen molar-refractivity contribution in [2.24, 2.45) is 11.7 Å². The molecule has 15 heavy (non-hydrogen) atoms. The SMILES string of the molecule is NC(=S)C1CCN(C2CCCCC2)CC1. The van der Waals surface area contributed by atoms with E-state index in [2.05, 4.69) is 4.90 Å². The van der Waals surface area contributed by atoms with Crippen molar-refractivity contribution in [3.63, 3.8) is 0 Å². The van der Waals surface area contributed by atoms with Gasteiger partial charge in [0.1, 0.15) is 0 Å². The van der Waals surface area contributed by atoms with Crippen molar-refractivity contribution in [1.82, 2.24) is 4.90 Å². The lowest BCUT2D eigenvalue weighted by Gasteiger charge is -2.39. The van der Waals surface area contributed by atoms with Gasteiger partial charge in [0.2, 0.25) is 0 Å². The van der Waals surface area contributed by atoms with E-state index in [0.29, 0.717) is 5.92 Å². The molecule has 1 saturated heterocycles. The van der Waals surface area contributed by atoms with E-state index in [1.54, 1.807) is 0 Å². The van der Waals surface area contributed by atoms with Gasteiger partial charge < -0.3 is 10.6 Å². The maximum Gasteiger partial charge on any atom is 0.0759 e. The van der Waals surface area contributed by atoms with Crippen LogP contribution in [-0.2, 0) is 0 Å². The largest absolute Gasteiger partial charge is 0.393 e. The van der Waals surface area contributed by atoms with Gasteiger partial charge in [-0.05, 0) is 38.8 Å². The molecule has 0 aromatic heterocycles. The Morgan fingerprint density at radius 3 is 2.13 bits per heavy atom. The average Bonchev–Trinajstić information content (AvgIpc) is 2.30. The van der Waals surface area contributed by atoms with Crippen molar-refractivity contribution in [3.05, 3.63) is 0 Å². The third-order valence-electron chi connectivity index (χ3n) is 4.02. The molecule has 2 rings (SSSR count). The summed E-state index contributed by atoms with van der Waals surface area (Å²) in [5.74, 6) is 0.514. The quantitative estimate of drug-likeness (QED) is 0.733. The summed E-state index contributed by atoms with van der Waals surface area (Å²) < 4.78 is 0. The summed E-state index contributed by atoms with van der Waals surface area (Å²) in [6.45, 7) is 2.43. The van der Waals surface area contributed by atoms with Crippen LogP contribution in [0.1, 0.15) is 44.9 Å². The Hall–Kier alpha value is -0.150. The molecule has 0 spiro atoms. The van der Waals surface area contributed by atoms with Crippen LogP contribution in [0.5, 0.6) is 0 Å². The molecule has 1 saturated carbocycles.